The summed E-state index contributed by atoms with van der Waals surface area (Å²) in [5.74, 6) is 0.576. The highest BCUT2D eigenvalue weighted by Crippen LogP contribution is 2.27. The molecule has 3 rings (SSSR count). The lowest BCUT2D eigenvalue weighted by molar-refractivity contribution is -0.139. The third-order valence-electron chi connectivity index (χ3n) is 4.69. The maximum Gasteiger partial charge on any atom is 0.227 e. The molecule has 1 amide bonds. The van der Waals surface area contributed by atoms with E-state index in [1.807, 2.05) is 29.2 Å². The summed E-state index contributed by atoms with van der Waals surface area (Å²) < 4.78 is 0. The molecule has 1 fully saturated rings. The standard InChI is InChI=1S/C18H22N2O/c1-13(2)18(19)11-20(12-18)17(21)10-15-8-5-7-14-6-3-4-9-16(14)15/h3-9,13H,10-12,19H2,1-2H3. The summed E-state index contributed by atoms with van der Waals surface area (Å²) in [6.45, 7) is 5.58. The quantitative estimate of drug-likeness (QED) is 0.940. The van der Waals surface area contributed by atoms with Crippen molar-refractivity contribution in [2.45, 2.75) is 25.8 Å². The lowest BCUT2D eigenvalue weighted by Gasteiger charge is -2.50. The van der Waals surface area contributed by atoms with Gasteiger partial charge >= 0.3 is 0 Å². The number of benzene rings is 2. The van der Waals surface area contributed by atoms with Crippen LogP contribution < -0.4 is 5.73 Å². The average molecular weight is 282 g/mol. The molecule has 0 aromatic heterocycles. The molecule has 0 saturated carbocycles. The Bertz CT molecular complexity index is 666. The minimum Gasteiger partial charge on any atom is -0.339 e. The van der Waals surface area contributed by atoms with Crippen molar-refractivity contribution in [2.24, 2.45) is 11.7 Å². The van der Waals surface area contributed by atoms with E-state index in [-0.39, 0.29) is 11.4 Å². The first kappa shape index (κ1) is 14.1. The van der Waals surface area contributed by atoms with Crippen LogP contribution in [0.2, 0.25) is 0 Å². The Labute approximate surface area is 125 Å². The monoisotopic (exact) mass is 282 g/mol. The fraction of sp³-hybridized carbons (Fsp3) is 0.389. The smallest absolute Gasteiger partial charge is 0.227 e. The molecule has 1 heterocycles. The summed E-state index contributed by atoms with van der Waals surface area (Å²) in [5, 5.41) is 2.35. The molecule has 2 aromatic rings. The van der Waals surface area contributed by atoms with Crippen LogP contribution >= 0.6 is 0 Å². The molecule has 0 atom stereocenters. The van der Waals surface area contributed by atoms with Crippen molar-refractivity contribution in [3.8, 4) is 0 Å². The van der Waals surface area contributed by atoms with Gasteiger partial charge < -0.3 is 10.6 Å². The number of carbonyl (C=O) groups is 1. The molecule has 0 spiro atoms. The first-order valence-electron chi connectivity index (χ1n) is 7.53. The molecule has 1 aliphatic rings. The predicted octanol–water partition coefficient (Wildman–Crippen LogP) is 2.58. The van der Waals surface area contributed by atoms with Gasteiger partial charge in [0.25, 0.3) is 0 Å². The molecule has 3 heteroatoms. The van der Waals surface area contributed by atoms with Gasteiger partial charge in [-0.3, -0.25) is 4.79 Å². The minimum absolute atomic E-state index is 0.174. The van der Waals surface area contributed by atoms with Gasteiger partial charge in [0.05, 0.1) is 12.0 Å². The number of nitrogens with two attached hydrogens (primary N) is 1. The van der Waals surface area contributed by atoms with Crippen LogP contribution in [0.4, 0.5) is 0 Å². The molecule has 0 radical (unpaired) electrons. The molecule has 0 bridgehead atoms. The van der Waals surface area contributed by atoms with Gasteiger partial charge in [0.15, 0.2) is 0 Å². The summed E-state index contributed by atoms with van der Waals surface area (Å²) in [6.07, 6.45) is 0.454. The lowest BCUT2D eigenvalue weighted by atomic mass is 9.80. The largest absolute Gasteiger partial charge is 0.339 e. The van der Waals surface area contributed by atoms with Gasteiger partial charge in [0.1, 0.15) is 0 Å². The topological polar surface area (TPSA) is 46.3 Å². The highest BCUT2D eigenvalue weighted by atomic mass is 16.2. The number of rotatable bonds is 3. The van der Waals surface area contributed by atoms with E-state index in [1.165, 1.54) is 5.39 Å². The fourth-order valence-electron chi connectivity index (χ4n) is 2.93. The molecule has 0 aliphatic carbocycles. The molecule has 1 saturated heterocycles. The molecule has 110 valence electrons. The predicted molar refractivity (Wildman–Crippen MR) is 86.0 cm³/mol. The maximum atomic E-state index is 12.4. The number of fused-ring (bicyclic) bond motifs is 1. The summed E-state index contributed by atoms with van der Waals surface area (Å²) in [7, 11) is 0. The van der Waals surface area contributed by atoms with Crippen LogP contribution in [0.1, 0.15) is 19.4 Å². The summed E-state index contributed by atoms with van der Waals surface area (Å²) in [6, 6.07) is 14.3. The molecule has 2 aromatic carbocycles. The van der Waals surface area contributed by atoms with Gasteiger partial charge in [-0.1, -0.05) is 56.3 Å². The third-order valence-corrected chi connectivity index (χ3v) is 4.69. The van der Waals surface area contributed by atoms with Crippen molar-refractivity contribution in [3.05, 3.63) is 48.0 Å². The number of likely N-dealkylation sites (tertiary alicyclic amines) is 1. The van der Waals surface area contributed by atoms with Gasteiger partial charge in [-0.15, -0.1) is 0 Å². The van der Waals surface area contributed by atoms with Crippen LogP contribution in [0, 0.1) is 5.92 Å². The zero-order chi connectivity index (χ0) is 15.0. The number of nitrogens with zero attached hydrogens (tertiary/aromatic N) is 1. The fourth-order valence-corrected chi connectivity index (χ4v) is 2.93. The summed E-state index contributed by atoms with van der Waals surface area (Å²) in [5.41, 5.74) is 7.16. The van der Waals surface area contributed by atoms with Crippen molar-refractivity contribution in [1.29, 1.82) is 0 Å². The molecular formula is C18H22N2O. The second-order valence-electron chi connectivity index (χ2n) is 6.45. The second-order valence-corrected chi connectivity index (χ2v) is 6.45. The average Bonchev–Trinajstić information content (AvgIpc) is 2.44. The Balaban J connectivity index is 1.74. The van der Waals surface area contributed by atoms with E-state index in [2.05, 4.69) is 32.0 Å². The van der Waals surface area contributed by atoms with Crippen LogP contribution in [0.15, 0.2) is 42.5 Å². The van der Waals surface area contributed by atoms with Gasteiger partial charge in [0, 0.05) is 13.1 Å². The van der Waals surface area contributed by atoms with E-state index in [1.54, 1.807) is 0 Å². The maximum absolute atomic E-state index is 12.4. The van der Waals surface area contributed by atoms with E-state index in [0.29, 0.717) is 25.4 Å². The van der Waals surface area contributed by atoms with Crippen molar-refractivity contribution in [1.82, 2.24) is 4.90 Å². The molecule has 3 nitrogen and oxygen atoms in total. The van der Waals surface area contributed by atoms with E-state index >= 15 is 0 Å². The van der Waals surface area contributed by atoms with Crippen LogP contribution in [-0.2, 0) is 11.2 Å². The van der Waals surface area contributed by atoms with Crippen LogP contribution in [0.5, 0.6) is 0 Å². The normalized spacial score (nSPS) is 17.0. The van der Waals surface area contributed by atoms with E-state index in [0.717, 1.165) is 10.9 Å². The summed E-state index contributed by atoms with van der Waals surface area (Å²) in [4.78, 5) is 14.3. The number of carbonyl (C=O) groups excluding carboxylic acids is 1. The SMILES string of the molecule is CC(C)C1(N)CN(C(=O)Cc2cccc3ccccc23)C1. The molecular weight excluding hydrogens is 260 g/mol. The second kappa shape index (κ2) is 5.15. The van der Waals surface area contributed by atoms with Crippen LogP contribution in [0.25, 0.3) is 10.8 Å². The minimum atomic E-state index is -0.200. The highest BCUT2D eigenvalue weighted by Gasteiger charge is 2.43. The number of hydrogen-bond acceptors (Lipinski definition) is 2. The molecule has 21 heavy (non-hydrogen) atoms. The first-order valence-corrected chi connectivity index (χ1v) is 7.53. The van der Waals surface area contributed by atoms with Crippen LogP contribution in [0.3, 0.4) is 0 Å². The van der Waals surface area contributed by atoms with Gasteiger partial charge in [-0.05, 0) is 22.3 Å². The Morgan fingerprint density at radius 1 is 1.19 bits per heavy atom. The van der Waals surface area contributed by atoms with Crippen LogP contribution in [-0.4, -0.2) is 29.4 Å². The van der Waals surface area contributed by atoms with Crippen molar-refractivity contribution in [2.75, 3.05) is 13.1 Å². The first-order chi connectivity index (χ1) is 9.99. The Hall–Kier alpha value is -1.87. The Morgan fingerprint density at radius 2 is 1.86 bits per heavy atom. The van der Waals surface area contributed by atoms with E-state index in [9.17, 15) is 4.79 Å². The number of amides is 1. The van der Waals surface area contributed by atoms with Crippen molar-refractivity contribution < 1.29 is 4.79 Å². The van der Waals surface area contributed by atoms with E-state index < -0.39 is 0 Å². The number of hydrogen-bond donors (Lipinski definition) is 1. The zero-order valence-corrected chi connectivity index (χ0v) is 12.7. The highest BCUT2D eigenvalue weighted by molar-refractivity contribution is 5.90. The third kappa shape index (κ3) is 2.54. The Kier molecular flexibility index (Phi) is 3.46. The molecule has 0 unspecified atom stereocenters. The van der Waals surface area contributed by atoms with Gasteiger partial charge in [-0.25, -0.2) is 0 Å². The lowest BCUT2D eigenvalue weighted by Crippen LogP contribution is -2.71. The molecule has 1 aliphatic heterocycles. The summed E-state index contributed by atoms with van der Waals surface area (Å²) >= 11 is 0. The van der Waals surface area contributed by atoms with Gasteiger partial charge in [0.2, 0.25) is 5.91 Å². The molecule has 2 N–H and O–H groups in total. The van der Waals surface area contributed by atoms with Gasteiger partial charge in [-0.2, -0.15) is 0 Å². The van der Waals surface area contributed by atoms with Crippen molar-refractivity contribution >= 4 is 16.7 Å². The zero-order valence-electron chi connectivity index (χ0n) is 12.7. The Morgan fingerprint density at radius 3 is 2.57 bits per heavy atom. The van der Waals surface area contributed by atoms with E-state index in [4.69, 9.17) is 5.73 Å². The van der Waals surface area contributed by atoms with Crippen molar-refractivity contribution in [3.63, 3.8) is 0 Å².